The molecule has 1 aliphatic rings. The Morgan fingerprint density at radius 1 is 1.58 bits per heavy atom. The zero-order chi connectivity index (χ0) is 13.6. The molecule has 6 nitrogen and oxygen atoms in total. The van der Waals surface area contributed by atoms with Gasteiger partial charge in [-0.2, -0.15) is 0 Å². The molecule has 3 heterocycles. The summed E-state index contributed by atoms with van der Waals surface area (Å²) in [5, 5.41) is 0.837. The van der Waals surface area contributed by atoms with E-state index in [9.17, 15) is 4.79 Å². The van der Waals surface area contributed by atoms with Crippen molar-refractivity contribution in [1.29, 1.82) is 0 Å². The molecule has 98 valence electrons. The normalized spacial score (nSPS) is 17.5. The number of aromatic nitrogens is 2. The third kappa shape index (κ3) is 1.72. The number of hydrogen-bond acceptors (Lipinski definition) is 6. The van der Waals surface area contributed by atoms with Gasteiger partial charge in [0.2, 0.25) is 0 Å². The molecule has 19 heavy (non-hydrogen) atoms. The second-order valence-corrected chi connectivity index (χ2v) is 4.42. The fourth-order valence-electron chi connectivity index (χ4n) is 2.39. The minimum Gasteiger partial charge on any atom is -0.464 e. The van der Waals surface area contributed by atoms with E-state index in [2.05, 4.69) is 14.7 Å². The number of esters is 1. The van der Waals surface area contributed by atoms with Gasteiger partial charge in [0.25, 0.3) is 0 Å². The van der Waals surface area contributed by atoms with Crippen molar-refractivity contribution in [3.8, 4) is 0 Å². The van der Waals surface area contributed by atoms with E-state index in [4.69, 9.17) is 10.5 Å². The lowest BCUT2D eigenvalue weighted by molar-refractivity contribution is 0.0594. The molecule has 2 N–H and O–H groups in total. The lowest BCUT2D eigenvalue weighted by Gasteiger charge is -2.09. The van der Waals surface area contributed by atoms with Gasteiger partial charge in [0.15, 0.2) is 0 Å². The minimum absolute atomic E-state index is 0.0818. The molecular weight excluding hydrogens is 246 g/mol. The van der Waals surface area contributed by atoms with Crippen LogP contribution < -0.4 is 5.73 Å². The molecule has 0 aliphatic carbocycles. The van der Waals surface area contributed by atoms with Crippen LogP contribution in [0.2, 0.25) is 0 Å². The van der Waals surface area contributed by atoms with E-state index in [-0.39, 0.29) is 11.8 Å². The first-order valence-electron chi connectivity index (χ1n) is 5.89. The molecule has 0 aromatic carbocycles. The summed E-state index contributed by atoms with van der Waals surface area (Å²) in [6, 6.07) is 1.67. The Kier molecular flexibility index (Phi) is 2.60. The maximum atomic E-state index is 11.5. The molecule has 0 bridgehead atoms. The molecule has 0 saturated carbocycles. The molecule has 3 rings (SSSR count). The largest absolute Gasteiger partial charge is 0.464 e. The molecule has 6 heteroatoms. The minimum atomic E-state index is -0.473. The Morgan fingerprint density at radius 2 is 2.37 bits per heavy atom. The summed E-state index contributed by atoms with van der Waals surface area (Å²) in [7, 11) is 1.32. The van der Waals surface area contributed by atoms with Gasteiger partial charge in [-0.15, -0.1) is 0 Å². The highest BCUT2D eigenvalue weighted by molar-refractivity contribution is 5.94. The summed E-state index contributed by atoms with van der Waals surface area (Å²) in [6.45, 7) is 2.39. The fraction of sp³-hybridized carbons (Fsp3) is 0.308. The number of pyridine rings is 2. The molecule has 0 spiro atoms. The summed E-state index contributed by atoms with van der Waals surface area (Å²) in [5.74, 6) is -0.0143. The lowest BCUT2D eigenvalue weighted by Crippen LogP contribution is -2.06. The molecule has 0 fully saturated rings. The van der Waals surface area contributed by atoms with Gasteiger partial charge in [-0.25, -0.2) is 14.8 Å². The van der Waals surface area contributed by atoms with E-state index in [1.807, 2.05) is 6.92 Å². The Hall–Kier alpha value is -2.21. The van der Waals surface area contributed by atoms with Crippen LogP contribution >= 0.6 is 0 Å². The quantitative estimate of drug-likeness (QED) is 0.782. The van der Waals surface area contributed by atoms with E-state index in [1.165, 1.54) is 13.3 Å². The van der Waals surface area contributed by atoms with Crippen molar-refractivity contribution in [3.63, 3.8) is 0 Å². The number of ether oxygens (including phenoxy) is 2. The van der Waals surface area contributed by atoms with Crippen LogP contribution in [0.5, 0.6) is 0 Å². The van der Waals surface area contributed by atoms with E-state index in [0.29, 0.717) is 17.9 Å². The monoisotopic (exact) mass is 259 g/mol. The number of hydrogen-bond donors (Lipinski definition) is 1. The number of rotatable bonds is 1. The van der Waals surface area contributed by atoms with Crippen molar-refractivity contribution in [2.75, 3.05) is 12.8 Å². The first kappa shape index (κ1) is 11.9. The number of anilines is 1. The van der Waals surface area contributed by atoms with Gasteiger partial charge in [0, 0.05) is 10.9 Å². The van der Waals surface area contributed by atoms with Crippen LogP contribution in [0.3, 0.4) is 0 Å². The topological polar surface area (TPSA) is 87.3 Å². The van der Waals surface area contributed by atoms with Gasteiger partial charge in [-0.05, 0) is 18.6 Å². The second-order valence-electron chi connectivity index (χ2n) is 4.42. The summed E-state index contributed by atoms with van der Waals surface area (Å²) >= 11 is 0. The lowest BCUT2D eigenvalue weighted by atomic mass is 10.0. The predicted octanol–water partition coefficient (Wildman–Crippen LogP) is 1.59. The van der Waals surface area contributed by atoms with Gasteiger partial charge in [-0.3, -0.25) is 0 Å². The summed E-state index contributed by atoms with van der Waals surface area (Å²) in [4.78, 5) is 19.9. The van der Waals surface area contributed by atoms with Gasteiger partial charge in [0.05, 0.1) is 31.5 Å². The SMILES string of the molecule is COC(=O)c1cc2c3c(c(N)nc2cn1)C(C)OC3. The highest BCUT2D eigenvalue weighted by atomic mass is 16.5. The Bertz CT molecular complexity index is 684. The maximum absolute atomic E-state index is 11.5. The molecule has 1 unspecified atom stereocenters. The number of carbonyl (C=O) groups is 1. The predicted molar refractivity (Wildman–Crippen MR) is 68.5 cm³/mol. The van der Waals surface area contributed by atoms with Crippen molar-refractivity contribution in [3.05, 3.63) is 29.1 Å². The Labute approximate surface area is 109 Å². The molecular formula is C13H13N3O3. The molecule has 2 aromatic heterocycles. The van der Waals surface area contributed by atoms with Crippen molar-refractivity contribution in [2.24, 2.45) is 0 Å². The van der Waals surface area contributed by atoms with E-state index >= 15 is 0 Å². The average molecular weight is 259 g/mol. The number of fused-ring (bicyclic) bond motifs is 3. The maximum Gasteiger partial charge on any atom is 0.356 e. The number of nitrogens with zero attached hydrogens (tertiary/aromatic N) is 2. The zero-order valence-corrected chi connectivity index (χ0v) is 10.6. The number of nitrogen functional groups attached to an aromatic ring is 1. The van der Waals surface area contributed by atoms with Crippen LogP contribution in [0.1, 0.15) is 34.6 Å². The van der Waals surface area contributed by atoms with Crippen molar-refractivity contribution < 1.29 is 14.3 Å². The number of carbonyl (C=O) groups excluding carboxylic acids is 1. The van der Waals surface area contributed by atoms with Crippen LogP contribution in [-0.2, 0) is 16.1 Å². The zero-order valence-electron chi connectivity index (χ0n) is 10.6. The van der Waals surface area contributed by atoms with Crippen LogP contribution in [-0.4, -0.2) is 23.0 Å². The third-order valence-corrected chi connectivity index (χ3v) is 3.33. The number of methoxy groups -OCH3 is 1. The van der Waals surface area contributed by atoms with E-state index in [1.54, 1.807) is 6.07 Å². The molecule has 1 aliphatic heterocycles. The van der Waals surface area contributed by atoms with E-state index < -0.39 is 5.97 Å². The van der Waals surface area contributed by atoms with Crippen LogP contribution in [0.25, 0.3) is 10.9 Å². The highest BCUT2D eigenvalue weighted by Gasteiger charge is 2.26. The summed E-state index contributed by atoms with van der Waals surface area (Å²) < 4.78 is 10.3. The molecule has 0 amide bonds. The summed E-state index contributed by atoms with van der Waals surface area (Å²) in [6.07, 6.45) is 1.45. The van der Waals surface area contributed by atoms with Crippen LogP contribution in [0.4, 0.5) is 5.82 Å². The standard InChI is InChI=1S/C13H13N3O3/c1-6-11-8(5-19-6)7-3-9(13(17)18-2)15-4-10(7)16-12(11)14/h3-4,6H,5H2,1-2H3,(H2,14,16). The van der Waals surface area contributed by atoms with Crippen LogP contribution in [0.15, 0.2) is 12.3 Å². The van der Waals surface area contributed by atoms with Gasteiger partial charge in [-0.1, -0.05) is 0 Å². The first-order valence-corrected chi connectivity index (χ1v) is 5.89. The van der Waals surface area contributed by atoms with Gasteiger partial charge < -0.3 is 15.2 Å². The van der Waals surface area contributed by atoms with Crippen molar-refractivity contribution in [1.82, 2.24) is 9.97 Å². The summed E-state index contributed by atoms with van der Waals surface area (Å²) in [5.41, 5.74) is 8.72. The molecule has 0 saturated heterocycles. The molecule has 2 aromatic rings. The van der Waals surface area contributed by atoms with E-state index in [0.717, 1.165) is 16.5 Å². The Balaban J connectivity index is 2.28. The second kappa shape index (κ2) is 4.17. The van der Waals surface area contributed by atoms with Crippen molar-refractivity contribution in [2.45, 2.75) is 19.6 Å². The fourth-order valence-corrected chi connectivity index (χ4v) is 2.39. The average Bonchev–Trinajstić information content (AvgIpc) is 2.81. The third-order valence-electron chi connectivity index (χ3n) is 3.33. The van der Waals surface area contributed by atoms with Crippen molar-refractivity contribution >= 4 is 22.7 Å². The molecule has 0 radical (unpaired) electrons. The van der Waals surface area contributed by atoms with Gasteiger partial charge >= 0.3 is 5.97 Å². The number of nitrogens with two attached hydrogens (primary N) is 1. The highest BCUT2D eigenvalue weighted by Crippen LogP contribution is 2.37. The molecule has 1 atom stereocenters. The Morgan fingerprint density at radius 3 is 3.11 bits per heavy atom. The smallest absolute Gasteiger partial charge is 0.356 e. The van der Waals surface area contributed by atoms with Crippen LogP contribution in [0, 0.1) is 0 Å². The first-order chi connectivity index (χ1) is 9.11. The van der Waals surface area contributed by atoms with Gasteiger partial charge in [0.1, 0.15) is 11.5 Å².